The Labute approximate surface area is 163 Å². The number of pyridine rings is 1. The third-order valence-corrected chi connectivity index (χ3v) is 4.41. The van der Waals surface area contributed by atoms with Gasteiger partial charge in [-0.3, -0.25) is 9.88 Å². The number of rotatable bonds is 6. The summed E-state index contributed by atoms with van der Waals surface area (Å²) in [6, 6.07) is 19.2. The SMILES string of the molecule is CN(Cc1nnc(-c2ccccc2)o1)Cc1cc(-c2cccnc2)ccc1O. The second-order valence-corrected chi connectivity index (χ2v) is 6.62. The van der Waals surface area contributed by atoms with Crippen molar-refractivity contribution >= 4 is 0 Å². The Morgan fingerprint density at radius 3 is 2.50 bits per heavy atom. The van der Waals surface area contributed by atoms with Gasteiger partial charge in [-0.15, -0.1) is 10.2 Å². The van der Waals surface area contributed by atoms with Crippen LogP contribution in [0.4, 0.5) is 0 Å². The fraction of sp³-hybridized carbons (Fsp3) is 0.136. The average Bonchev–Trinajstić information content (AvgIpc) is 3.19. The summed E-state index contributed by atoms with van der Waals surface area (Å²) >= 11 is 0. The summed E-state index contributed by atoms with van der Waals surface area (Å²) in [5, 5.41) is 18.5. The molecule has 4 rings (SSSR count). The largest absolute Gasteiger partial charge is 0.508 e. The quantitative estimate of drug-likeness (QED) is 0.548. The lowest BCUT2D eigenvalue weighted by atomic mass is 10.0. The Balaban J connectivity index is 1.47. The zero-order valence-electron chi connectivity index (χ0n) is 15.5. The lowest BCUT2D eigenvalue weighted by Gasteiger charge is -2.16. The lowest BCUT2D eigenvalue weighted by molar-refractivity contribution is 0.279. The van der Waals surface area contributed by atoms with E-state index in [9.17, 15) is 5.11 Å². The summed E-state index contributed by atoms with van der Waals surface area (Å²) in [5.41, 5.74) is 3.74. The molecule has 140 valence electrons. The molecule has 2 aromatic carbocycles. The van der Waals surface area contributed by atoms with E-state index in [1.54, 1.807) is 12.3 Å². The molecule has 0 amide bonds. The smallest absolute Gasteiger partial charge is 0.247 e. The Bertz CT molecular complexity index is 1050. The van der Waals surface area contributed by atoms with Crippen LogP contribution in [0.25, 0.3) is 22.6 Å². The Morgan fingerprint density at radius 1 is 0.893 bits per heavy atom. The van der Waals surface area contributed by atoms with Crippen molar-refractivity contribution in [2.45, 2.75) is 13.1 Å². The standard InChI is InChI=1S/C22H20N4O2/c1-26(15-21-24-25-22(28-21)16-6-3-2-4-7-16)14-19-12-17(9-10-20(19)27)18-8-5-11-23-13-18/h2-13,27H,14-15H2,1H3. The molecule has 2 heterocycles. The van der Waals surface area contributed by atoms with Crippen molar-refractivity contribution in [2.75, 3.05) is 7.05 Å². The predicted octanol–water partition coefficient (Wildman–Crippen LogP) is 4.14. The summed E-state index contributed by atoms with van der Waals surface area (Å²) in [4.78, 5) is 6.17. The van der Waals surface area contributed by atoms with Gasteiger partial charge in [-0.2, -0.15) is 0 Å². The number of aromatic hydroxyl groups is 1. The summed E-state index contributed by atoms with van der Waals surface area (Å²) in [6.45, 7) is 1.03. The van der Waals surface area contributed by atoms with Crippen molar-refractivity contribution in [3.05, 3.63) is 84.5 Å². The first-order valence-corrected chi connectivity index (χ1v) is 8.97. The van der Waals surface area contributed by atoms with E-state index in [1.807, 2.05) is 72.7 Å². The molecule has 0 fully saturated rings. The van der Waals surface area contributed by atoms with Crippen LogP contribution in [0.3, 0.4) is 0 Å². The molecule has 0 aliphatic carbocycles. The van der Waals surface area contributed by atoms with Crippen molar-refractivity contribution < 1.29 is 9.52 Å². The number of nitrogens with zero attached hydrogens (tertiary/aromatic N) is 4. The number of phenols is 1. The monoisotopic (exact) mass is 372 g/mol. The molecule has 6 nitrogen and oxygen atoms in total. The second-order valence-electron chi connectivity index (χ2n) is 6.62. The minimum Gasteiger partial charge on any atom is -0.508 e. The van der Waals surface area contributed by atoms with E-state index in [0.717, 1.165) is 22.3 Å². The summed E-state index contributed by atoms with van der Waals surface area (Å²) in [5.74, 6) is 1.30. The second kappa shape index (κ2) is 8.02. The zero-order chi connectivity index (χ0) is 19.3. The van der Waals surface area contributed by atoms with Gasteiger partial charge in [0, 0.05) is 35.6 Å². The van der Waals surface area contributed by atoms with Gasteiger partial charge in [-0.05, 0) is 42.9 Å². The highest BCUT2D eigenvalue weighted by Gasteiger charge is 2.13. The van der Waals surface area contributed by atoms with Gasteiger partial charge in [0.15, 0.2) is 0 Å². The average molecular weight is 372 g/mol. The zero-order valence-corrected chi connectivity index (χ0v) is 15.5. The van der Waals surface area contributed by atoms with Crippen LogP contribution in [0.2, 0.25) is 0 Å². The molecule has 0 unspecified atom stereocenters. The molecule has 28 heavy (non-hydrogen) atoms. The fourth-order valence-electron chi connectivity index (χ4n) is 3.02. The van der Waals surface area contributed by atoms with Gasteiger partial charge in [0.05, 0.1) is 6.54 Å². The summed E-state index contributed by atoms with van der Waals surface area (Å²) in [7, 11) is 1.95. The molecule has 0 spiro atoms. The van der Waals surface area contributed by atoms with Crippen molar-refractivity contribution in [1.82, 2.24) is 20.1 Å². The van der Waals surface area contributed by atoms with E-state index >= 15 is 0 Å². The van der Waals surface area contributed by atoms with E-state index in [4.69, 9.17) is 4.42 Å². The van der Waals surface area contributed by atoms with Gasteiger partial charge in [0.25, 0.3) is 0 Å². The molecule has 6 heteroatoms. The maximum atomic E-state index is 10.3. The van der Waals surface area contributed by atoms with Gasteiger partial charge >= 0.3 is 0 Å². The highest BCUT2D eigenvalue weighted by Crippen LogP contribution is 2.27. The third-order valence-electron chi connectivity index (χ3n) is 4.41. The van der Waals surface area contributed by atoms with Crippen molar-refractivity contribution in [3.8, 4) is 28.3 Å². The van der Waals surface area contributed by atoms with Gasteiger partial charge in [0.2, 0.25) is 11.8 Å². The molecule has 0 saturated heterocycles. The number of hydrogen-bond acceptors (Lipinski definition) is 6. The Kier molecular flexibility index (Phi) is 5.12. The lowest BCUT2D eigenvalue weighted by Crippen LogP contribution is -2.17. The van der Waals surface area contributed by atoms with Crippen LogP contribution in [-0.2, 0) is 13.1 Å². The molecule has 0 aliphatic heterocycles. The first-order chi connectivity index (χ1) is 13.7. The minimum absolute atomic E-state index is 0.259. The number of aromatic nitrogens is 3. The van der Waals surface area contributed by atoms with Gasteiger partial charge < -0.3 is 9.52 Å². The van der Waals surface area contributed by atoms with Gasteiger partial charge in [-0.1, -0.05) is 30.3 Å². The minimum atomic E-state index is 0.259. The highest BCUT2D eigenvalue weighted by atomic mass is 16.4. The molecule has 0 radical (unpaired) electrons. The van der Waals surface area contributed by atoms with E-state index in [1.165, 1.54) is 0 Å². The number of benzene rings is 2. The number of phenolic OH excluding ortho intramolecular Hbond substituents is 1. The van der Waals surface area contributed by atoms with Crippen LogP contribution in [0.15, 0.2) is 77.5 Å². The van der Waals surface area contributed by atoms with Crippen LogP contribution in [0.1, 0.15) is 11.5 Å². The topological polar surface area (TPSA) is 75.3 Å². The molecule has 0 atom stereocenters. The predicted molar refractivity (Wildman–Crippen MR) is 106 cm³/mol. The van der Waals surface area contributed by atoms with Crippen molar-refractivity contribution in [3.63, 3.8) is 0 Å². The van der Waals surface area contributed by atoms with Crippen LogP contribution in [0, 0.1) is 0 Å². The third kappa shape index (κ3) is 4.07. The van der Waals surface area contributed by atoms with Crippen molar-refractivity contribution in [2.24, 2.45) is 0 Å². The molecule has 1 N–H and O–H groups in total. The van der Waals surface area contributed by atoms with Crippen molar-refractivity contribution in [1.29, 1.82) is 0 Å². The Hall–Kier alpha value is -3.51. The Morgan fingerprint density at radius 2 is 1.71 bits per heavy atom. The fourth-order valence-corrected chi connectivity index (χ4v) is 3.02. The van der Waals surface area contributed by atoms with Gasteiger partial charge in [0.1, 0.15) is 5.75 Å². The van der Waals surface area contributed by atoms with Crippen LogP contribution in [0.5, 0.6) is 5.75 Å². The molecular formula is C22H20N4O2. The van der Waals surface area contributed by atoms with E-state index in [2.05, 4.69) is 15.2 Å². The van der Waals surface area contributed by atoms with E-state index < -0.39 is 0 Å². The van der Waals surface area contributed by atoms with E-state index in [0.29, 0.717) is 24.9 Å². The first kappa shape index (κ1) is 17.9. The normalized spacial score (nSPS) is 11.1. The molecule has 0 bridgehead atoms. The maximum Gasteiger partial charge on any atom is 0.247 e. The van der Waals surface area contributed by atoms with Crippen LogP contribution >= 0.6 is 0 Å². The highest BCUT2D eigenvalue weighted by molar-refractivity contribution is 5.64. The molecule has 4 aromatic rings. The molecule has 0 aliphatic rings. The van der Waals surface area contributed by atoms with Crippen LogP contribution < -0.4 is 0 Å². The van der Waals surface area contributed by atoms with E-state index in [-0.39, 0.29) is 5.75 Å². The maximum absolute atomic E-state index is 10.3. The molecular weight excluding hydrogens is 352 g/mol. The number of hydrogen-bond donors (Lipinski definition) is 1. The first-order valence-electron chi connectivity index (χ1n) is 8.97. The summed E-state index contributed by atoms with van der Waals surface area (Å²) in [6.07, 6.45) is 3.55. The van der Waals surface area contributed by atoms with Crippen LogP contribution in [-0.4, -0.2) is 32.2 Å². The molecule has 0 saturated carbocycles. The van der Waals surface area contributed by atoms with Gasteiger partial charge in [-0.25, -0.2) is 0 Å². The summed E-state index contributed by atoms with van der Waals surface area (Å²) < 4.78 is 5.77. The molecule has 2 aromatic heterocycles.